The van der Waals surface area contributed by atoms with Crippen molar-refractivity contribution in [1.82, 2.24) is 9.62 Å². The average Bonchev–Trinajstić information content (AvgIpc) is 3.07. The first-order valence-electron chi connectivity index (χ1n) is 7.30. The lowest BCUT2D eigenvalue weighted by Crippen LogP contribution is -2.48. The van der Waals surface area contributed by atoms with Gasteiger partial charge in [-0.2, -0.15) is 4.31 Å². The number of hydrogen-bond acceptors (Lipinski definition) is 5. The quantitative estimate of drug-likeness (QED) is 0.817. The average molecular weight is 366 g/mol. The maximum Gasteiger partial charge on any atom is 0.287 e. The molecule has 0 aliphatic carbocycles. The Morgan fingerprint density at radius 3 is 2.48 bits per heavy atom. The van der Waals surface area contributed by atoms with E-state index >= 15 is 0 Å². The van der Waals surface area contributed by atoms with Crippen LogP contribution >= 0.6 is 12.4 Å². The second kappa shape index (κ2) is 7.21. The fraction of sp³-hybridized carbons (Fsp3) is 0.643. The van der Waals surface area contributed by atoms with Crippen LogP contribution in [-0.4, -0.2) is 43.8 Å². The minimum absolute atomic E-state index is 0. The predicted molar refractivity (Wildman–Crippen MR) is 89.3 cm³/mol. The molecule has 1 fully saturated rings. The van der Waals surface area contributed by atoms with Crippen LogP contribution in [-0.2, 0) is 10.0 Å². The topological polar surface area (TPSA) is 106 Å². The lowest BCUT2D eigenvalue weighted by molar-refractivity contribution is 0.0886. The van der Waals surface area contributed by atoms with E-state index < -0.39 is 21.5 Å². The van der Waals surface area contributed by atoms with Gasteiger partial charge >= 0.3 is 0 Å². The van der Waals surface area contributed by atoms with Crippen molar-refractivity contribution in [2.75, 3.05) is 19.6 Å². The summed E-state index contributed by atoms with van der Waals surface area (Å²) in [5.41, 5.74) is 4.98. The van der Waals surface area contributed by atoms with Gasteiger partial charge in [-0.05, 0) is 33.6 Å². The second-order valence-corrected chi connectivity index (χ2v) is 8.09. The van der Waals surface area contributed by atoms with Crippen LogP contribution in [0.3, 0.4) is 0 Å². The molecule has 1 aliphatic heterocycles. The van der Waals surface area contributed by atoms with Crippen molar-refractivity contribution < 1.29 is 17.6 Å². The van der Waals surface area contributed by atoms with E-state index in [1.165, 1.54) is 10.4 Å². The van der Waals surface area contributed by atoms with Crippen LogP contribution < -0.4 is 11.1 Å². The Kier molecular flexibility index (Phi) is 6.25. The predicted octanol–water partition coefficient (Wildman–Crippen LogP) is 1.26. The highest BCUT2D eigenvalue weighted by Gasteiger charge is 2.32. The first-order valence-corrected chi connectivity index (χ1v) is 8.74. The zero-order valence-electron chi connectivity index (χ0n) is 13.6. The number of aryl methyl sites for hydroxylation is 1. The van der Waals surface area contributed by atoms with Crippen molar-refractivity contribution in [1.29, 1.82) is 0 Å². The lowest BCUT2D eigenvalue weighted by atomic mass is 10.1. The molecular weight excluding hydrogens is 342 g/mol. The van der Waals surface area contributed by atoms with Crippen molar-refractivity contribution in [2.24, 2.45) is 5.73 Å². The first kappa shape index (κ1) is 20.0. The Morgan fingerprint density at radius 2 is 1.96 bits per heavy atom. The van der Waals surface area contributed by atoms with Crippen molar-refractivity contribution >= 4 is 28.3 Å². The molecule has 0 aromatic carbocycles. The smallest absolute Gasteiger partial charge is 0.287 e. The van der Waals surface area contributed by atoms with E-state index in [4.69, 9.17) is 10.2 Å². The number of amides is 1. The molecule has 1 aromatic rings. The van der Waals surface area contributed by atoms with Gasteiger partial charge in [0.05, 0.1) is 0 Å². The number of rotatable bonds is 5. The minimum Gasteiger partial charge on any atom is -0.455 e. The van der Waals surface area contributed by atoms with Crippen LogP contribution in [0.25, 0.3) is 0 Å². The van der Waals surface area contributed by atoms with Crippen molar-refractivity contribution in [3.8, 4) is 0 Å². The normalized spacial score (nSPS) is 16.2. The molecule has 1 amide bonds. The maximum absolute atomic E-state index is 12.5. The molecular formula is C14H24ClN3O4S. The van der Waals surface area contributed by atoms with Crippen LogP contribution in [0.5, 0.6) is 0 Å². The summed E-state index contributed by atoms with van der Waals surface area (Å²) in [6.07, 6.45) is 1.71. The summed E-state index contributed by atoms with van der Waals surface area (Å²) in [4.78, 5) is 12.2. The summed E-state index contributed by atoms with van der Waals surface area (Å²) in [6, 6.07) is 1.30. The third kappa shape index (κ3) is 4.26. The zero-order chi connectivity index (χ0) is 16.5. The van der Waals surface area contributed by atoms with E-state index in [0.717, 1.165) is 12.8 Å². The lowest BCUT2D eigenvalue weighted by Gasteiger charge is -2.23. The minimum atomic E-state index is -3.60. The Hall–Kier alpha value is -1.09. The molecule has 9 heteroatoms. The van der Waals surface area contributed by atoms with Gasteiger partial charge in [0.25, 0.3) is 5.91 Å². The van der Waals surface area contributed by atoms with Gasteiger partial charge in [-0.25, -0.2) is 8.42 Å². The molecule has 23 heavy (non-hydrogen) atoms. The summed E-state index contributed by atoms with van der Waals surface area (Å²) in [5.74, 6) is -0.263. The van der Waals surface area contributed by atoms with E-state index in [1.54, 1.807) is 20.8 Å². The third-order valence-electron chi connectivity index (χ3n) is 3.74. The highest BCUT2D eigenvalue weighted by Crippen LogP contribution is 2.26. The van der Waals surface area contributed by atoms with E-state index in [-0.39, 0.29) is 35.4 Å². The number of carbonyl (C=O) groups is 1. The summed E-state index contributed by atoms with van der Waals surface area (Å²) in [6.45, 7) is 6.39. The van der Waals surface area contributed by atoms with Gasteiger partial charge in [0.2, 0.25) is 10.0 Å². The van der Waals surface area contributed by atoms with Crippen molar-refractivity contribution in [2.45, 2.75) is 44.0 Å². The van der Waals surface area contributed by atoms with Crippen LogP contribution in [0.2, 0.25) is 0 Å². The van der Waals surface area contributed by atoms with Gasteiger partial charge in [0, 0.05) is 31.2 Å². The Morgan fingerprint density at radius 1 is 1.39 bits per heavy atom. The molecule has 3 N–H and O–H groups in total. The highest BCUT2D eigenvalue weighted by atomic mass is 35.5. The first-order chi connectivity index (χ1) is 10.2. The number of furan rings is 1. The SMILES string of the molecule is Cc1oc(C(=O)NC(C)(C)CN)cc1S(=O)(=O)N1CCCC1.Cl. The number of hydrogen-bond donors (Lipinski definition) is 2. The Labute approximate surface area is 143 Å². The summed E-state index contributed by atoms with van der Waals surface area (Å²) in [7, 11) is -3.60. The molecule has 2 heterocycles. The van der Waals surface area contributed by atoms with Crippen molar-refractivity contribution in [3.63, 3.8) is 0 Å². The molecule has 1 aromatic heterocycles. The number of nitrogens with one attached hydrogen (secondary N) is 1. The van der Waals surface area contributed by atoms with Gasteiger partial charge < -0.3 is 15.5 Å². The summed E-state index contributed by atoms with van der Waals surface area (Å²) < 4.78 is 31.9. The highest BCUT2D eigenvalue weighted by molar-refractivity contribution is 7.89. The molecule has 0 unspecified atom stereocenters. The molecule has 0 radical (unpaired) electrons. The summed E-state index contributed by atoms with van der Waals surface area (Å²) >= 11 is 0. The fourth-order valence-corrected chi connectivity index (χ4v) is 4.00. The molecule has 0 saturated carbocycles. The molecule has 1 saturated heterocycles. The maximum atomic E-state index is 12.5. The van der Waals surface area contributed by atoms with Crippen LogP contribution in [0, 0.1) is 6.92 Å². The molecule has 0 atom stereocenters. The van der Waals surface area contributed by atoms with Gasteiger partial charge in [-0.15, -0.1) is 12.4 Å². The molecule has 2 rings (SSSR count). The van der Waals surface area contributed by atoms with Crippen LogP contribution in [0.4, 0.5) is 0 Å². The number of sulfonamides is 1. The van der Waals surface area contributed by atoms with Gasteiger partial charge in [-0.3, -0.25) is 4.79 Å². The molecule has 7 nitrogen and oxygen atoms in total. The zero-order valence-corrected chi connectivity index (χ0v) is 15.2. The van der Waals surface area contributed by atoms with Gasteiger partial charge in [0.1, 0.15) is 10.7 Å². The van der Waals surface area contributed by atoms with E-state index in [9.17, 15) is 13.2 Å². The van der Waals surface area contributed by atoms with E-state index in [0.29, 0.717) is 13.1 Å². The Bertz CT molecular complexity index is 664. The number of carbonyl (C=O) groups excluding carboxylic acids is 1. The van der Waals surface area contributed by atoms with Crippen molar-refractivity contribution in [3.05, 3.63) is 17.6 Å². The second-order valence-electron chi connectivity index (χ2n) is 6.18. The standard InChI is InChI=1S/C14H23N3O4S.ClH/c1-10-12(22(19,20)17-6-4-5-7-17)8-11(21-10)13(18)16-14(2,3)9-15;/h8H,4-7,9,15H2,1-3H3,(H,16,18);1H. The van der Waals surface area contributed by atoms with E-state index in [2.05, 4.69) is 5.32 Å². The fourth-order valence-electron chi connectivity index (χ4n) is 2.32. The molecule has 132 valence electrons. The monoisotopic (exact) mass is 365 g/mol. The molecule has 0 spiro atoms. The molecule has 0 bridgehead atoms. The number of halogens is 1. The van der Waals surface area contributed by atoms with Crippen LogP contribution in [0.1, 0.15) is 43.0 Å². The van der Waals surface area contributed by atoms with Gasteiger partial charge in [-0.1, -0.05) is 0 Å². The third-order valence-corrected chi connectivity index (χ3v) is 5.75. The molecule has 1 aliphatic rings. The van der Waals surface area contributed by atoms with E-state index in [1.807, 2.05) is 0 Å². The number of nitrogens with zero attached hydrogens (tertiary/aromatic N) is 1. The number of nitrogens with two attached hydrogens (primary N) is 1. The largest absolute Gasteiger partial charge is 0.455 e. The van der Waals surface area contributed by atoms with Crippen LogP contribution in [0.15, 0.2) is 15.4 Å². The Balaban J connectivity index is 0.00000264. The van der Waals surface area contributed by atoms with Gasteiger partial charge in [0.15, 0.2) is 5.76 Å². The summed E-state index contributed by atoms with van der Waals surface area (Å²) in [5, 5.41) is 2.72.